The van der Waals surface area contributed by atoms with Gasteiger partial charge in [0.15, 0.2) is 0 Å². The van der Waals surface area contributed by atoms with Gasteiger partial charge < -0.3 is 11.1 Å². The maximum Gasteiger partial charge on any atom is 0.141 e. The SMILES string of the molecule is Cc1cc(F)c(Br)cc1Nc1ncnc2cc(N)ccc12. The molecule has 0 saturated carbocycles. The predicted octanol–water partition coefficient (Wildman–Crippen LogP) is 4.17. The maximum atomic E-state index is 13.5. The number of nitrogens with one attached hydrogen (secondary N) is 1. The summed E-state index contributed by atoms with van der Waals surface area (Å²) >= 11 is 3.19. The van der Waals surface area contributed by atoms with Crippen LogP contribution < -0.4 is 11.1 Å². The van der Waals surface area contributed by atoms with Gasteiger partial charge in [-0.3, -0.25) is 0 Å². The van der Waals surface area contributed by atoms with Crippen LogP contribution in [0.5, 0.6) is 0 Å². The Morgan fingerprint density at radius 1 is 1.19 bits per heavy atom. The monoisotopic (exact) mass is 346 g/mol. The molecule has 106 valence electrons. The Kier molecular flexibility index (Phi) is 3.47. The summed E-state index contributed by atoms with van der Waals surface area (Å²) in [5, 5.41) is 4.07. The minimum absolute atomic E-state index is 0.293. The Morgan fingerprint density at radius 3 is 2.81 bits per heavy atom. The summed E-state index contributed by atoms with van der Waals surface area (Å²) in [7, 11) is 0. The van der Waals surface area contributed by atoms with Crippen LogP contribution in [0.15, 0.2) is 41.1 Å². The first-order valence-corrected chi connectivity index (χ1v) is 7.07. The number of rotatable bonds is 2. The lowest BCUT2D eigenvalue weighted by molar-refractivity contribution is 0.620. The van der Waals surface area contributed by atoms with Crippen molar-refractivity contribution < 1.29 is 4.39 Å². The largest absolute Gasteiger partial charge is 0.399 e. The van der Waals surface area contributed by atoms with E-state index in [0.29, 0.717) is 16.0 Å². The molecular weight excluding hydrogens is 335 g/mol. The molecular formula is C15H12BrFN4. The molecule has 4 nitrogen and oxygen atoms in total. The van der Waals surface area contributed by atoms with Crippen molar-refractivity contribution in [2.75, 3.05) is 11.1 Å². The van der Waals surface area contributed by atoms with Crippen LogP contribution in [0, 0.1) is 12.7 Å². The van der Waals surface area contributed by atoms with Gasteiger partial charge in [-0.1, -0.05) is 0 Å². The Labute approximate surface area is 129 Å². The van der Waals surface area contributed by atoms with Crippen molar-refractivity contribution >= 4 is 44.0 Å². The highest BCUT2D eigenvalue weighted by molar-refractivity contribution is 9.10. The van der Waals surface area contributed by atoms with Gasteiger partial charge in [0.05, 0.1) is 9.99 Å². The summed E-state index contributed by atoms with van der Waals surface area (Å²) in [6, 6.07) is 8.60. The Balaban J connectivity index is 2.08. The van der Waals surface area contributed by atoms with Crippen molar-refractivity contribution in [2.45, 2.75) is 6.92 Å². The van der Waals surface area contributed by atoms with Gasteiger partial charge in [0.1, 0.15) is 18.0 Å². The van der Waals surface area contributed by atoms with Crippen LogP contribution in [0.25, 0.3) is 10.9 Å². The standard InChI is InChI=1S/C15H12BrFN4/c1-8-4-12(17)11(16)6-13(8)21-15-10-3-2-9(18)5-14(10)19-7-20-15/h2-7H,18H2,1H3,(H,19,20,21). The van der Waals surface area contributed by atoms with Gasteiger partial charge in [-0.2, -0.15) is 0 Å². The maximum absolute atomic E-state index is 13.5. The summed E-state index contributed by atoms with van der Waals surface area (Å²) in [6.07, 6.45) is 1.47. The van der Waals surface area contributed by atoms with Crippen molar-refractivity contribution in [3.8, 4) is 0 Å². The fourth-order valence-corrected chi connectivity index (χ4v) is 2.43. The molecule has 1 aromatic heterocycles. The second kappa shape index (κ2) is 5.29. The van der Waals surface area contributed by atoms with Crippen molar-refractivity contribution in [3.63, 3.8) is 0 Å². The van der Waals surface area contributed by atoms with Crippen LogP contribution >= 0.6 is 15.9 Å². The summed E-state index contributed by atoms with van der Waals surface area (Å²) in [5.41, 5.74) is 8.73. The van der Waals surface area contributed by atoms with E-state index in [1.54, 1.807) is 18.2 Å². The van der Waals surface area contributed by atoms with Crippen LogP contribution in [0.3, 0.4) is 0 Å². The second-order valence-electron chi connectivity index (χ2n) is 4.71. The van der Waals surface area contributed by atoms with E-state index in [1.807, 2.05) is 13.0 Å². The summed E-state index contributed by atoms with van der Waals surface area (Å²) < 4.78 is 13.9. The van der Waals surface area contributed by atoms with E-state index in [1.165, 1.54) is 12.4 Å². The molecule has 2 aromatic carbocycles. The van der Waals surface area contributed by atoms with Gasteiger partial charge in [-0.05, 0) is 58.7 Å². The third-order valence-electron chi connectivity index (χ3n) is 3.18. The number of hydrogen-bond donors (Lipinski definition) is 2. The second-order valence-corrected chi connectivity index (χ2v) is 5.56. The highest BCUT2D eigenvalue weighted by Crippen LogP contribution is 2.29. The fraction of sp³-hybridized carbons (Fsp3) is 0.0667. The van der Waals surface area contributed by atoms with Gasteiger partial charge in [0.25, 0.3) is 0 Å². The van der Waals surface area contributed by atoms with E-state index < -0.39 is 0 Å². The number of nitrogen functional groups attached to an aromatic ring is 1. The van der Waals surface area contributed by atoms with E-state index in [0.717, 1.165) is 22.2 Å². The Bertz CT molecular complexity index is 835. The van der Waals surface area contributed by atoms with E-state index >= 15 is 0 Å². The normalized spacial score (nSPS) is 10.8. The molecule has 0 unspecified atom stereocenters. The number of nitrogens with two attached hydrogens (primary N) is 1. The topological polar surface area (TPSA) is 63.8 Å². The van der Waals surface area contributed by atoms with Gasteiger partial charge in [-0.25, -0.2) is 14.4 Å². The Morgan fingerprint density at radius 2 is 2.00 bits per heavy atom. The highest BCUT2D eigenvalue weighted by Gasteiger charge is 2.09. The molecule has 0 aliphatic heterocycles. The lowest BCUT2D eigenvalue weighted by Gasteiger charge is -2.12. The van der Waals surface area contributed by atoms with Crippen LogP contribution in [0.1, 0.15) is 5.56 Å². The number of aromatic nitrogens is 2. The first-order chi connectivity index (χ1) is 10.0. The van der Waals surface area contributed by atoms with E-state index in [9.17, 15) is 4.39 Å². The average Bonchev–Trinajstić information content (AvgIpc) is 2.44. The lowest BCUT2D eigenvalue weighted by Crippen LogP contribution is -1.99. The van der Waals surface area contributed by atoms with Crippen LogP contribution in [-0.2, 0) is 0 Å². The molecule has 1 heterocycles. The molecule has 3 rings (SSSR count). The number of nitrogens with zero attached hydrogens (tertiary/aromatic N) is 2. The summed E-state index contributed by atoms with van der Waals surface area (Å²) in [5.74, 6) is 0.361. The molecule has 0 amide bonds. The Hall–Kier alpha value is -2.21. The zero-order chi connectivity index (χ0) is 15.0. The fourth-order valence-electron chi connectivity index (χ4n) is 2.08. The molecule has 3 N–H and O–H groups in total. The molecule has 21 heavy (non-hydrogen) atoms. The van der Waals surface area contributed by atoms with Crippen molar-refractivity contribution in [1.82, 2.24) is 9.97 Å². The van der Waals surface area contributed by atoms with Crippen LogP contribution in [0.4, 0.5) is 21.6 Å². The van der Waals surface area contributed by atoms with Crippen molar-refractivity contribution in [2.24, 2.45) is 0 Å². The minimum atomic E-state index is -0.293. The molecule has 6 heteroatoms. The van der Waals surface area contributed by atoms with Gasteiger partial charge in [0.2, 0.25) is 0 Å². The molecule has 0 radical (unpaired) electrons. The molecule has 3 aromatic rings. The first kappa shape index (κ1) is 13.8. The third-order valence-corrected chi connectivity index (χ3v) is 3.79. The zero-order valence-corrected chi connectivity index (χ0v) is 12.8. The van der Waals surface area contributed by atoms with Crippen LogP contribution in [-0.4, -0.2) is 9.97 Å². The quantitative estimate of drug-likeness (QED) is 0.683. The number of fused-ring (bicyclic) bond motifs is 1. The molecule has 0 saturated heterocycles. The molecule has 0 spiro atoms. The van der Waals surface area contributed by atoms with E-state index in [4.69, 9.17) is 5.73 Å². The van der Waals surface area contributed by atoms with Gasteiger partial charge in [-0.15, -0.1) is 0 Å². The number of benzene rings is 2. The smallest absolute Gasteiger partial charge is 0.141 e. The lowest BCUT2D eigenvalue weighted by atomic mass is 10.1. The number of anilines is 3. The van der Waals surface area contributed by atoms with E-state index in [-0.39, 0.29) is 5.82 Å². The molecule has 0 atom stereocenters. The molecule has 0 aliphatic rings. The van der Waals surface area contributed by atoms with E-state index in [2.05, 4.69) is 31.2 Å². The molecule has 0 bridgehead atoms. The third kappa shape index (κ3) is 2.67. The summed E-state index contributed by atoms with van der Waals surface area (Å²) in [6.45, 7) is 1.83. The zero-order valence-electron chi connectivity index (χ0n) is 11.2. The van der Waals surface area contributed by atoms with Crippen molar-refractivity contribution in [3.05, 3.63) is 52.5 Å². The predicted molar refractivity (Wildman–Crippen MR) is 86.1 cm³/mol. The van der Waals surface area contributed by atoms with Crippen molar-refractivity contribution in [1.29, 1.82) is 0 Å². The molecule has 0 fully saturated rings. The van der Waals surface area contributed by atoms with Gasteiger partial charge >= 0.3 is 0 Å². The number of hydrogen-bond acceptors (Lipinski definition) is 4. The highest BCUT2D eigenvalue weighted by atomic mass is 79.9. The number of aryl methyl sites for hydroxylation is 1. The average molecular weight is 347 g/mol. The number of halogens is 2. The summed E-state index contributed by atoms with van der Waals surface area (Å²) in [4.78, 5) is 8.45. The minimum Gasteiger partial charge on any atom is -0.399 e. The first-order valence-electron chi connectivity index (χ1n) is 6.27. The molecule has 0 aliphatic carbocycles. The van der Waals surface area contributed by atoms with Crippen LogP contribution in [0.2, 0.25) is 0 Å². The van der Waals surface area contributed by atoms with Gasteiger partial charge in [0, 0.05) is 16.8 Å².